The summed E-state index contributed by atoms with van der Waals surface area (Å²) >= 11 is 0. The van der Waals surface area contributed by atoms with Gasteiger partial charge in [0.15, 0.2) is 5.78 Å². The quantitative estimate of drug-likeness (QED) is 0.127. The van der Waals surface area contributed by atoms with E-state index in [-0.39, 0.29) is 5.78 Å². The van der Waals surface area contributed by atoms with Gasteiger partial charge in [0.25, 0.3) is 0 Å². The number of para-hydroxylation sites is 3. The fraction of sp³-hybridized carbons (Fsp3) is 0.0303. The SMILES string of the molecule is CC(=O)c1ccc(N(/N=C/c2ccc(N(c3ccccc3)c3ccccc3)cc2)c2ccccc2)cc1. The predicted octanol–water partition coefficient (Wildman–Crippen LogP) is 8.53. The van der Waals surface area contributed by atoms with E-state index < -0.39 is 0 Å². The summed E-state index contributed by atoms with van der Waals surface area (Å²) in [5.74, 6) is 0.0430. The molecular weight excluding hydrogens is 454 g/mol. The summed E-state index contributed by atoms with van der Waals surface area (Å²) in [5, 5.41) is 6.68. The van der Waals surface area contributed by atoms with Crippen molar-refractivity contribution in [2.45, 2.75) is 6.92 Å². The second-order valence-corrected chi connectivity index (χ2v) is 8.59. The number of Topliss-reactive ketones (excluding diaryl/α,β-unsaturated/α-hetero) is 1. The van der Waals surface area contributed by atoms with Gasteiger partial charge in [0.1, 0.15) is 0 Å². The highest BCUT2D eigenvalue weighted by atomic mass is 16.1. The molecule has 37 heavy (non-hydrogen) atoms. The lowest BCUT2D eigenvalue weighted by Crippen LogP contribution is -2.10. The van der Waals surface area contributed by atoms with Gasteiger partial charge in [0.05, 0.1) is 17.6 Å². The predicted molar refractivity (Wildman–Crippen MR) is 154 cm³/mol. The Hall–Kier alpha value is -4.96. The minimum atomic E-state index is 0.0430. The molecule has 0 atom stereocenters. The van der Waals surface area contributed by atoms with E-state index in [1.54, 1.807) is 6.92 Å². The summed E-state index contributed by atoms with van der Waals surface area (Å²) in [4.78, 5) is 13.9. The molecule has 0 bridgehead atoms. The monoisotopic (exact) mass is 481 g/mol. The van der Waals surface area contributed by atoms with Crippen LogP contribution in [0.3, 0.4) is 0 Å². The Morgan fingerprint density at radius 1 is 0.541 bits per heavy atom. The highest BCUT2D eigenvalue weighted by Gasteiger charge is 2.12. The van der Waals surface area contributed by atoms with E-state index >= 15 is 0 Å². The first-order valence-corrected chi connectivity index (χ1v) is 12.2. The van der Waals surface area contributed by atoms with Crippen molar-refractivity contribution in [1.82, 2.24) is 0 Å². The Kier molecular flexibility index (Phi) is 7.19. The summed E-state index contributed by atoms with van der Waals surface area (Å²) in [6.07, 6.45) is 1.85. The number of nitrogens with zero attached hydrogens (tertiary/aromatic N) is 3. The second-order valence-electron chi connectivity index (χ2n) is 8.59. The van der Waals surface area contributed by atoms with Crippen LogP contribution in [-0.2, 0) is 0 Å². The van der Waals surface area contributed by atoms with Crippen LogP contribution in [-0.4, -0.2) is 12.0 Å². The summed E-state index contributed by atoms with van der Waals surface area (Å²) in [7, 11) is 0. The van der Waals surface area contributed by atoms with Crippen molar-refractivity contribution in [3.8, 4) is 0 Å². The van der Waals surface area contributed by atoms with Crippen LogP contribution in [0.1, 0.15) is 22.8 Å². The van der Waals surface area contributed by atoms with Crippen molar-refractivity contribution in [3.63, 3.8) is 0 Å². The minimum absolute atomic E-state index is 0.0430. The summed E-state index contributed by atoms with van der Waals surface area (Å²) in [6, 6.07) is 46.5. The third-order valence-electron chi connectivity index (χ3n) is 6.02. The van der Waals surface area contributed by atoms with Gasteiger partial charge in [-0.1, -0.05) is 66.7 Å². The van der Waals surface area contributed by atoms with Crippen molar-refractivity contribution >= 4 is 40.4 Å². The van der Waals surface area contributed by atoms with Crippen molar-refractivity contribution in [1.29, 1.82) is 0 Å². The summed E-state index contributed by atoms with van der Waals surface area (Å²) in [6.45, 7) is 1.57. The number of anilines is 5. The molecule has 0 heterocycles. The fourth-order valence-corrected chi connectivity index (χ4v) is 4.12. The Balaban J connectivity index is 1.44. The molecule has 0 radical (unpaired) electrons. The van der Waals surface area contributed by atoms with Gasteiger partial charge in [-0.3, -0.25) is 4.79 Å². The zero-order valence-corrected chi connectivity index (χ0v) is 20.6. The van der Waals surface area contributed by atoms with Crippen LogP contribution in [0.4, 0.5) is 28.4 Å². The number of carbonyl (C=O) groups is 1. The molecule has 0 saturated carbocycles. The molecule has 0 saturated heterocycles. The van der Waals surface area contributed by atoms with Gasteiger partial charge in [-0.25, -0.2) is 5.01 Å². The molecule has 5 rings (SSSR count). The lowest BCUT2D eigenvalue weighted by Gasteiger charge is -2.25. The van der Waals surface area contributed by atoms with E-state index in [4.69, 9.17) is 5.10 Å². The number of hydrogen-bond donors (Lipinski definition) is 0. The van der Waals surface area contributed by atoms with Gasteiger partial charge in [-0.05, 0) is 85.3 Å². The van der Waals surface area contributed by atoms with Crippen molar-refractivity contribution in [2.24, 2.45) is 5.10 Å². The molecular formula is C33H27N3O. The van der Waals surface area contributed by atoms with Crippen LogP contribution in [0, 0.1) is 0 Å². The lowest BCUT2D eigenvalue weighted by atomic mass is 10.1. The van der Waals surface area contributed by atoms with Crippen molar-refractivity contribution in [3.05, 3.63) is 151 Å². The topological polar surface area (TPSA) is 35.9 Å². The Morgan fingerprint density at radius 2 is 0.946 bits per heavy atom. The van der Waals surface area contributed by atoms with E-state index in [0.717, 1.165) is 34.0 Å². The number of rotatable bonds is 8. The van der Waals surface area contributed by atoms with Crippen molar-refractivity contribution in [2.75, 3.05) is 9.91 Å². The summed E-state index contributed by atoms with van der Waals surface area (Å²) < 4.78 is 0. The van der Waals surface area contributed by atoms with Crippen molar-refractivity contribution < 1.29 is 4.79 Å². The van der Waals surface area contributed by atoms with Crippen LogP contribution < -0.4 is 9.91 Å². The molecule has 4 heteroatoms. The van der Waals surface area contributed by atoms with E-state index in [0.29, 0.717) is 5.56 Å². The Bertz CT molecular complexity index is 1420. The first-order chi connectivity index (χ1) is 18.2. The fourth-order valence-electron chi connectivity index (χ4n) is 4.12. The normalized spacial score (nSPS) is 10.8. The van der Waals surface area contributed by atoms with Gasteiger partial charge in [-0.15, -0.1) is 0 Å². The van der Waals surface area contributed by atoms with E-state index in [2.05, 4.69) is 53.4 Å². The standard InChI is InChI=1S/C33H27N3O/c1-26(37)28-19-23-33(24-20-28)36(32-15-9-4-10-16-32)34-25-27-17-21-31(22-18-27)35(29-11-5-2-6-12-29)30-13-7-3-8-14-30/h2-25H,1H3/b34-25+. The van der Waals surface area contributed by atoms with E-state index in [1.807, 2.05) is 102 Å². The van der Waals surface area contributed by atoms with Crippen LogP contribution in [0.25, 0.3) is 0 Å². The zero-order chi connectivity index (χ0) is 25.5. The first-order valence-electron chi connectivity index (χ1n) is 12.2. The molecule has 0 spiro atoms. The zero-order valence-electron chi connectivity index (χ0n) is 20.6. The molecule has 0 fully saturated rings. The molecule has 0 aliphatic heterocycles. The number of hydrazone groups is 1. The molecule has 0 aliphatic rings. The molecule has 4 nitrogen and oxygen atoms in total. The summed E-state index contributed by atoms with van der Waals surface area (Å²) in [5.41, 5.74) is 6.73. The van der Waals surface area contributed by atoms with Crippen LogP contribution in [0.15, 0.2) is 145 Å². The van der Waals surface area contributed by atoms with Crippen LogP contribution in [0.5, 0.6) is 0 Å². The van der Waals surface area contributed by atoms with Crippen LogP contribution >= 0.6 is 0 Å². The maximum Gasteiger partial charge on any atom is 0.159 e. The Morgan fingerprint density at radius 3 is 1.43 bits per heavy atom. The Labute approximate surface area is 217 Å². The second kappa shape index (κ2) is 11.2. The number of hydrogen-bond acceptors (Lipinski definition) is 4. The largest absolute Gasteiger partial charge is 0.311 e. The van der Waals surface area contributed by atoms with E-state index in [1.165, 1.54) is 0 Å². The average Bonchev–Trinajstić information content (AvgIpc) is 2.96. The molecule has 0 aromatic heterocycles. The number of benzene rings is 5. The minimum Gasteiger partial charge on any atom is -0.311 e. The third-order valence-corrected chi connectivity index (χ3v) is 6.02. The van der Waals surface area contributed by atoms with Gasteiger partial charge < -0.3 is 4.90 Å². The highest BCUT2D eigenvalue weighted by molar-refractivity contribution is 5.94. The molecule has 180 valence electrons. The average molecular weight is 482 g/mol. The van der Waals surface area contributed by atoms with Gasteiger partial charge in [0.2, 0.25) is 0 Å². The number of carbonyl (C=O) groups excluding carboxylic acids is 1. The third kappa shape index (κ3) is 5.65. The molecule has 0 aliphatic carbocycles. The molecule has 5 aromatic rings. The first kappa shape index (κ1) is 23.8. The smallest absolute Gasteiger partial charge is 0.159 e. The van der Waals surface area contributed by atoms with E-state index in [9.17, 15) is 4.79 Å². The molecule has 5 aromatic carbocycles. The van der Waals surface area contributed by atoms with Gasteiger partial charge in [0, 0.05) is 22.6 Å². The highest BCUT2D eigenvalue weighted by Crippen LogP contribution is 2.34. The maximum absolute atomic E-state index is 11.7. The molecule has 0 amide bonds. The number of ketones is 1. The maximum atomic E-state index is 11.7. The molecule has 0 N–H and O–H groups in total. The molecule has 0 unspecified atom stereocenters. The van der Waals surface area contributed by atoms with Gasteiger partial charge >= 0.3 is 0 Å². The van der Waals surface area contributed by atoms with Gasteiger partial charge in [-0.2, -0.15) is 5.10 Å². The van der Waals surface area contributed by atoms with Crippen LogP contribution in [0.2, 0.25) is 0 Å². The lowest BCUT2D eigenvalue weighted by molar-refractivity contribution is 0.101.